The highest BCUT2D eigenvalue weighted by Crippen LogP contribution is 2.37. The van der Waals surface area contributed by atoms with E-state index in [4.69, 9.17) is 19.0 Å². The van der Waals surface area contributed by atoms with Crippen molar-refractivity contribution in [3.63, 3.8) is 0 Å². The highest BCUT2D eigenvalue weighted by molar-refractivity contribution is 6.03. The van der Waals surface area contributed by atoms with Gasteiger partial charge >= 0.3 is 5.97 Å². The maximum Gasteiger partial charge on any atom is 0.329 e. The van der Waals surface area contributed by atoms with Crippen LogP contribution in [0.1, 0.15) is 6.92 Å². The monoisotopic (exact) mass is 407 g/mol. The van der Waals surface area contributed by atoms with Crippen LogP contribution in [0.25, 0.3) is 33.1 Å². The minimum absolute atomic E-state index is 0.395. The Bertz CT molecular complexity index is 1220. The molecule has 0 radical (unpaired) electrons. The number of carbonyl (C=O) groups is 1. The predicted molar refractivity (Wildman–Crippen MR) is 112 cm³/mol. The van der Waals surface area contributed by atoms with E-state index in [1.807, 2.05) is 36.4 Å². The van der Waals surface area contributed by atoms with E-state index in [-0.39, 0.29) is 0 Å². The lowest BCUT2D eigenvalue weighted by atomic mass is 10.1. The molecule has 0 spiro atoms. The summed E-state index contributed by atoms with van der Waals surface area (Å²) in [6, 6.07) is 11.3. The number of para-hydroxylation sites is 1. The third kappa shape index (κ3) is 3.65. The first-order valence-corrected chi connectivity index (χ1v) is 9.36. The molecule has 4 rings (SSSR count). The van der Waals surface area contributed by atoms with Gasteiger partial charge in [-0.1, -0.05) is 18.2 Å². The molecule has 0 amide bonds. The van der Waals surface area contributed by atoms with Gasteiger partial charge in [-0.3, -0.25) is 0 Å². The molecule has 0 aliphatic carbocycles. The fourth-order valence-electron chi connectivity index (χ4n) is 3.34. The second-order valence-electron chi connectivity index (χ2n) is 6.55. The number of hydrogen-bond donors (Lipinski definition) is 0. The molecular formula is C22H21N3O5. The Labute approximate surface area is 172 Å². The zero-order chi connectivity index (χ0) is 21.1. The molecule has 0 fully saturated rings. The smallest absolute Gasteiger partial charge is 0.329 e. The van der Waals surface area contributed by atoms with E-state index in [1.54, 1.807) is 20.4 Å². The van der Waals surface area contributed by atoms with Crippen molar-refractivity contribution >= 4 is 27.8 Å². The summed E-state index contributed by atoms with van der Waals surface area (Å²) in [5, 5.41) is 1.69. The number of carbonyl (C=O) groups excluding carboxylic acids is 1. The van der Waals surface area contributed by atoms with Crippen molar-refractivity contribution in [1.29, 1.82) is 0 Å². The van der Waals surface area contributed by atoms with Crippen LogP contribution in [-0.4, -0.2) is 48.1 Å². The van der Waals surface area contributed by atoms with E-state index in [0.29, 0.717) is 35.9 Å². The molecule has 2 aromatic carbocycles. The Hall–Kier alpha value is -3.65. The van der Waals surface area contributed by atoms with Crippen molar-refractivity contribution in [3.8, 4) is 22.8 Å². The van der Waals surface area contributed by atoms with Crippen LogP contribution in [0.4, 0.5) is 0 Å². The van der Waals surface area contributed by atoms with Crippen molar-refractivity contribution in [1.82, 2.24) is 14.7 Å². The van der Waals surface area contributed by atoms with E-state index in [1.165, 1.54) is 18.0 Å². The van der Waals surface area contributed by atoms with Crippen LogP contribution in [0, 0.1) is 0 Å². The third-order valence-electron chi connectivity index (χ3n) is 4.63. The number of nitrogens with zero attached hydrogens (tertiary/aromatic N) is 3. The van der Waals surface area contributed by atoms with E-state index >= 15 is 0 Å². The average molecular weight is 407 g/mol. The highest BCUT2D eigenvalue weighted by Gasteiger charge is 2.18. The zero-order valence-electron chi connectivity index (χ0n) is 16.9. The molecule has 0 aliphatic rings. The molecular weight excluding hydrogens is 386 g/mol. The molecule has 30 heavy (non-hydrogen) atoms. The van der Waals surface area contributed by atoms with Crippen LogP contribution in [0.2, 0.25) is 0 Å². The number of hydrogen-bond acceptors (Lipinski definition) is 7. The number of rotatable bonds is 7. The summed E-state index contributed by atoms with van der Waals surface area (Å²) in [4.78, 5) is 25.8. The molecule has 0 unspecified atom stereocenters. The van der Waals surface area contributed by atoms with E-state index < -0.39 is 5.97 Å². The normalized spacial score (nSPS) is 11.0. The van der Waals surface area contributed by atoms with Gasteiger partial charge in [0.15, 0.2) is 11.5 Å². The second kappa shape index (κ2) is 8.38. The van der Waals surface area contributed by atoms with Gasteiger partial charge in [0.05, 0.1) is 36.6 Å². The van der Waals surface area contributed by atoms with Gasteiger partial charge in [-0.25, -0.2) is 14.8 Å². The summed E-state index contributed by atoms with van der Waals surface area (Å²) in [5.74, 6) is 0.738. The number of ether oxygens (including phenoxy) is 3. The molecule has 0 saturated carbocycles. The fraction of sp³-hybridized carbons (Fsp3) is 0.227. The van der Waals surface area contributed by atoms with E-state index in [0.717, 1.165) is 21.9 Å². The average Bonchev–Trinajstić information content (AvgIpc) is 3.10. The maximum atomic E-state index is 11.5. The van der Waals surface area contributed by atoms with Gasteiger partial charge < -0.3 is 19.0 Å². The lowest BCUT2D eigenvalue weighted by molar-refractivity contribution is -0.140. The van der Waals surface area contributed by atoms with Crippen LogP contribution < -0.4 is 14.3 Å². The molecule has 8 heteroatoms. The van der Waals surface area contributed by atoms with Crippen molar-refractivity contribution in [2.75, 3.05) is 27.4 Å². The maximum absolute atomic E-state index is 11.5. The van der Waals surface area contributed by atoms with Crippen LogP contribution in [0.3, 0.4) is 0 Å². The standard InChI is InChI=1S/C22H21N3O5/c1-14(26)30-25-12-17(15-6-4-5-7-19(15)25)22-16-10-20(28-3)21(29-9-8-27-2)11-18(16)23-13-24-22/h4-7,10-13H,8-9H2,1-3H3. The molecule has 4 aromatic rings. The minimum atomic E-state index is -0.408. The summed E-state index contributed by atoms with van der Waals surface area (Å²) in [7, 11) is 3.20. The quantitative estimate of drug-likeness (QED) is 0.435. The summed E-state index contributed by atoms with van der Waals surface area (Å²) >= 11 is 0. The van der Waals surface area contributed by atoms with Crippen LogP contribution in [0.15, 0.2) is 48.9 Å². The first-order valence-electron chi connectivity index (χ1n) is 9.36. The van der Waals surface area contributed by atoms with Gasteiger partial charge in [-0.2, -0.15) is 4.73 Å². The van der Waals surface area contributed by atoms with Gasteiger partial charge in [0, 0.05) is 36.4 Å². The topological polar surface area (TPSA) is 84.7 Å². The molecule has 2 heterocycles. The summed E-state index contributed by atoms with van der Waals surface area (Å²) in [6.07, 6.45) is 3.25. The second-order valence-corrected chi connectivity index (χ2v) is 6.55. The zero-order valence-corrected chi connectivity index (χ0v) is 16.9. The molecule has 0 N–H and O–H groups in total. The Morgan fingerprint density at radius 1 is 1.03 bits per heavy atom. The largest absolute Gasteiger partial charge is 0.493 e. The first-order chi connectivity index (χ1) is 14.6. The van der Waals surface area contributed by atoms with Crippen LogP contribution in [-0.2, 0) is 9.53 Å². The number of benzene rings is 2. The lowest BCUT2D eigenvalue weighted by Gasteiger charge is -2.12. The summed E-state index contributed by atoms with van der Waals surface area (Å²) < 4.78 is 17.8. The highest BCUT2D eigenvalue weighted by atomic mass is 16.7. The van der Waals surface area contributed by atoms with Gasteiger partial charge in [0.2, 0.25) is 0 Å². The van der Waals surface area contributed by atoms with Crippen molar-refractivity contribution in [2.24, 2.45) is 0 Å². The lowest BCUT2D eigenvalue weighted by Crippen LogP contribution is -2.14. The van der Waals surface area contributed by atoms with Crippen LogP contribution >= 0.6 is 0 Å². The summed E-state index contributed by atoms with van der Waals surface area (Å²) in [6.45, 7) is 2.22. The van der Waals surface area contributed by atoms with Crippen molar-refractivity contribution in [2.45, 2.75) is 6.92 Å². The van der Waals surface area contributed by atoms with Gasteiger partial charge in [0.1, 0.15) is 12.9 Å². The van der Waals surface area contributed by atoms with Gasteiger partial charge in [-0.15, -0.1) is 0 Å². The molecule has 0 aliphatic heterocycles. The Morgan fingerprint density at radius 2 is 1.87 bits per heavy atom. The van der Waals surface area contributed by atoms with Crippen molar-refractivity contribution < 1.29 is 23.8 Å². The third-order valence-corrected chi connectivity index (χ3v) is 4.63. The van der Waals surface area contributed by atoms with Crippen LogP contribution in [0.5, 0.6) is 11.5 Å². The van der Waals surface area contributed by atoms with Gasteiger partial charge in [0.25, 0.3) is 0 Å². The Balaban J connectivity index is 1.88. The summed E-state index contributed by atoms with van der Waals surface area (Å²) in [5.41, 5.74) is 2.98. The minimum Gasteiger partial charge on any atom is -0.493 e. The molecule has 0 bridgehead atoms. The molecule has 0 atom stereocenters. The molecule has 0 saturated heterocycles. The van der Waals surface area contributed by atoms with E-state index in [9.17, 15) is 4.79 Å². The first kappa shape index (κ1) is 19.7. The molecule has 2 aromatic heterocycles. The van der Waals surface area contributed by atoms with Crippen molar-refractivity contribution in [3.05, 3.63) is 48.9 Å². The Kier molecular flexibility index (Phi) is 5.49. The van der Waals surface area contributed by atoms with Gasteiger partial charge in [-0.05, 0) is 12.1 Å². The fourth-order valence-corrected chi connectivity index (χ4v) is 3.34. The van der Waals surface area contributed by atoms with E-state index in [2.05, 4.69) is 9.97 Å². The number of aromatic nitrogens is 3. The molecule has 154 valence electrons. The Morgan fingerprint density at radius 3 is 2.63 bits per heavy atom. The molecule has 8 nitrogen and oxygen atoms in total. The predicted octanol–water partition coefficient (Wildman–Crippen LogP) is 3.26. The number of methoxy groups -OCH3 is 2. The number of fused-ring (bicyclic) bond motifs is 2. The SMILES string of the molecule is COCCOc1cc2ncnc(-c3cn(OC(C)=O)c4ccccc34)c2cc1OC.